The van der Waals surface area contributed by atoms with Crippen molar-refractivity contribution in [1.29, 1.82) is 0 Å². The summed E-state index contributed by atoms with van der Waals surface area (Å²) >= 11 is 0. The van der Waals surface area contributed by atoms with E-state index in [-0.39, 0.29) is 2360 Å². The molecular formula is Y72. The van der Waals surface area contributed by atoms with Crippen LogP contribution in [0.5, 0.6) is 0 Å². The van der Waals surface area contributed by atoms with Gasteiger partial charge in [0.15, 0.2) is 0 Å². The molecule has 0 fully saturated rings. The van der Waals surface area contributed by atoms with Crippen molar-refractivity contribution >= 4 is 0 Å². The molecule has 72 radical (unpaired) electrons. The predicted octanol–water partition coefficient (Wildman–Crippen LogP) is -0.180. The van der Waals surface area contributed by atoms with Crippen LogP contribution in [0.1, 0.15) is 0 Å². The third-order valence-electron chi connectivity index (χ3n) is 0. The molecule has 0 spiro atoms. The van der Waals surface area contributed by atoms with E-state index in [0.29, 0.717) is 0 Å². The Bertz CT molecular complexity index is 0. The van der Waals surface area contributed by atoms with Gasteiger partial charge in [0.2, 0.25) is 0 Å². The molecule has 0 rings (SSSR count). The first-order chi connectivity index (χ1) is 0. The smallest absolute Gasteiger partial charge is 0 e. The van der Waals surface area contributed by atoms with E-state index >= 15 is 0 Å². The Labute approximate surface area is 2260 Å². The van der Waals surface area contributed by atoms with Gasteiger partial charge in [0.05, 0.1) is 0 Å². The van der Waals surface area contributed by atoms with Gasteiger partial charge >= 0.3 is 0 Å². The average molecular weight is 6400 g/mol. The molecule has 216 valence electrons. The van der Waals surface area contributed by atoms with Crippen LogP contribution >= 0.6 is 0 Å². The second kappa shape index (κ2) is 532. The molecule has 0 aliphatic rings. The number of hydrogen-bond acceptors (Lipinski definition) is 0. The molecule has 0 nitrogen and oxygen atoms in total. The van der Waals surface area contributed by atoms with Gasteiger partial charge in [-0.1, -0.05) is 0 Å². The zero-order chi connectivity index (χ0) is 0. The Kier molecular flexibility index (Phi) is 4010. The molecule has 0 aromatic heterocycles. The normalized spacial score (nSPS) is 0. The van der Waals surface area contributed by atoms with E-state index in [1.165, 1.54) is 0 Å². The summed E-state index contributed by atoms with van der Waals surface area (Å²) in [4.78, 5) is 0. The van der Waals surface area contributed by atoms with Gasteiger partial charge < -0.3 is 0 Å². The zero-order valence-electron chi connectivity index (χ0n) is 41.6. The summed E-state index contributed by atoms with van der Waals surface area (Å²) < 4.78 is 0. The fraction of sp³-hybridized carbons (Fsp3) is 0. The quantitative estimate of drug-likeness (QED) is 0.317. The summed E-state index contributed by atoms with van der Waals surface area (Å²) in [5, 5.41) is 0. The van der Waals surface area contributed by atoms with Gasteiger partial charge in [-0.15, -0.1) is 0 Å². The molecule has 0 bridgehead atoms. The van der Waals surface area contributed by atoms with Crippen LogP contribution in [0.15, 0.2) is 0 Å². The maximum Gasteiger partial charge on any atom is 0 e. The van der Waals surface area contributed by atoms with Crippen LogP contribution in [0, 0.1) is 0 Å². The van der Waals surface area contributed by atoms with Gasteiger partial charge in [-0.25, -0.2) is 0 Å². The van der Waals surface area contributed by atoms with Gasteiger partial charge in [-0.05, 0) is 0 Å². The van der Waals surface area contributed by atoms with Crippen molar-refractivity contribution < 1.29 is 2360 Å². The fourth-order valence-corrected chi connectivity index (χ4v) is 0. The van der Waals surface area contributed by atoms with Crippen LogP contribution in [0.25, 0.3) is 0 Å². The van der Waals surface area contributed by atoms with Crippen molar-refractivity contribution in [3.8, 4) is 0 Å². The molecule has 0 aliphatic carbocycles. The Hall–Kier alpha value is 79.5. The average Bonchev–Trinajstić information content (AvgIpc) is 0. The third kappa shape index (κ3) is 522. The topological polar surface area (TPSA) is 0 Å². The fourth-order valence-electron chi connectivity index (χ4n) is 0. The minimum absolute atomic E-state index is 0. The van der Waals surface area contributed by atoms with Crippen LogP contribution in [0.4, 0.5) is 0 Å². The van der Waals surface area contributed by atoms with Crippen LogP contribution < -0.4 is 0 Å². The molecule has 72 heavy (non-hydrogen) atoms. The van der Waals surface area contributed by atoms with Crippen molar-refractivity contribution in [3.05, 3.63) is 0 Å². The van der Waals surface area contributed by atoms with Crippen LogP contribution in [0.2, 0.25) is 0 Å². The van der Waals surface area contributed by atoms with Crippen molar-refractivity contribution in [2.75, 3.05) is 0 Å². The molecule has 0 unspecified atom stereocenters. The minimum Gasteiger partial charge on any atom is 0 e. The van der Waals surface area contributed by atoms with Crippen LogP contribution in [-0.2, 0) is 2360 Å². The minimum atomic E-state index is 0. The Balaban J connectivity index is 0. The van der Waals surface area contributed by atoms with E-state index in [1.54, 1.807) is 0 Å². The Morgan fingerprint density at radius 1 is 0.0139 bits per heavy atom. The standard InChI is InChI=1S/72Y. The molecule has 0 amide bonds. The molecule has 0 atom stereocenters. The summed E-state index contributed by atoms with van der Waals surface area (Å²) in [6.07, 6.45) is 0. The zero-order valence-corrected chi connectivity index (χ0v) is 246. The molecule has 0 aromatic carbocycles. The first-order valence-corrected chi connectivity index (χ1v) is 0. The van der Waals surface area contributed by atoms with Gasteiger partial charge in [-0.3, -0.25) is 0 Å². The number of rotatable bonds is 0. The summed E-state index contributed by atoms with van der Waals surface area (Å²) in [5.74, 6) is 0. The second-order valence-electron chi connectivity index (χ2n) is 0. The Morgan fingerprint density at radius 3 is 0.0139 bits per heavy atom. The number of hydrogen-bond donors (Lipinski definition) is 0. The predicted molar refractivity (Wildman–Crippen MR) is 0 cm³/mol. The van der Waals surface area contributed by atoms with E-state index in [0.717, 1.165) is 0 Å². The Morgan fingerprint density at radius 2 is 0.0139 bits per heavy atom. The van der Waals surface area contributed by atoms with E-state index in [4.69, 9.17) is 0 Å². The van der Waals surface area contributed by atoms with Gasteiger partial charge in [0, 0.05) is 2360 Å². The van der Waals surface area contributed by atoms with Gasteiger partial charge in [0.25, 0.3) is 0 Å². The van der Waals surface area contributed by atoms with Crippen molar-refractivity contribution in [2.45, 2.75) is 0 Å². The molecule has 0 aromatic rings. The first kappa shape index (κ1) is 543. The van der Waals surface area contributed by atoms with Crippen molar-refractivity contribution in [3.63, 3.8) is 0 Å². The van der Waals surface area contributed by atoms with Crippen molar-refractivity contribution in [2.24, 2.45) is 0 Å². The molecule has 72 heteroatoms. The maximum absolute atomic E-state index is 0. The molecular weight excluding hydrogens is 6400 g/mol. The summed E-state index contributed by atoms with van der Waals surface area (Å²) in [6.45, 7) is 0. The van der Waals surface area contributed by atoms with Gasteiger partial charge in [0.1, 0.15) is 0 Å². The SMILES string of the molecule is [Y].[Y].[Y].[Y].[Y].[Y].[Y].[Y].[Y].[Y].[Y].[Y].[Y].[Y].[Y].[Y].[Y].[Y].[Y].[Y].[Y].[Y].[Y].[Y].[Y].[Y].[Y].[Y].[Y].[Y].[Y].[Y].[Y].[Y].[Y].[Y].[Y].[Y].[Y].[Y].[Y].[Y].[Y].[Y].[Y].[Y].[Y].[Y].[Y].[Y].[Y].[Y].[Y].[Y].[Y].[Y].[Y].[Y].[Y].[Y].[Y].[Y].[Y].[Y].[Y].[Y].[Y].[Y].[Y].[Y].[Y].[Y]. The van der Waals surface area contributed by atoms with Crippen LogP contribution in [0.3, 0.4) is 0 Å². The first-order valence-electron chi connectivity index (χ1n) is 0. The third-order valence-corrected chi connectivity index (χ3v) is 0. The second-order valence-corrected chi connectivity index (χ2v) is 0. The summed E-state index contributed by atoms with van der Waals surface area (Å²) in [6, 6.07) is 0. The van der Waals surface area contributed by atoms with E-state index < -0.39 is 0 Å². The summed E-state index contributed by atoms with van der Waals surface area (Å²) in [5.41, 5.74) is 0. The molecule has 0 aliphatic heterocycles. The van der Waals surface area contributed by atoms with Crippen molar-refractivity contribution in [1.82, 2.24) is 0 Å². The van der Waals surface area contributed by atoms with E-state index in [2.05, 4.69) is 0 Å². The van der Waals surface area contributed by atoms with Gasteiger partial charge in [-0.2, -0.15) is 0 Å². The van der Waals surface area contributed by atoms with E-state index in [9.17, 15) is 0 Å². The summed E-state index contributed by atoms with van der Waals surface area (Å²) in [7, 11) is 0. The largest absolute Gasteiger partial charge is 0 e. The van der Waals surface area contributed by atoms with E-state index in [1.807, 2.05) is 0 Å². The monoisotopic (exact) mass is 6400 g/mol. The molecule has 0 N–H and O–H groups in total. The maximum atomic E-state index is 0. The molecule has 0 heterocycles. The van der Waals surface area contributed by atoms with Crippen LogP contribution in [-0.4, -0.2) is 0 Å². The molecule has 0 saturated carbocycles. The molecule has 0 saturated heterocycles.